The van der Waals surface area contributed by atoms with Crippen LogP contribution in [0.25, 0.3) is 22.9 Å². The Kier molecular flexibility index (Phi) is 2.69. The van der Waals surface area contributed by atoms with Gasteiger partial charge in [-0.15, -0.1) is 20.0 Å². The molecule has 0 fully saturated rings. The van der Waals surface area contributed by atoms with Gasteiger partial charge in [0.15, 0.2) is 17.3 Å². The van der Waals surface area contributed by atoms with Crippen LogP contribution in [0.3, 0.4) is 0 Å². The van der Waals surface area contributed by atoms with Gasteiger partial charge in [-0.1, -0.05) is 0 Å². The first kappa shape index (κ1) is 12.6. The molecule has 4 aromatic rings. The molecular formula is C12H7N7O2S. The highest BCUT2D eigenvalue weighted by molar-refractivity contribution is 7.08. The lowest BCUT2D eigenvalue weighted by atomic mass is 10.3. The van der Waals surface area contributed by atoms with E-state index in [1.165, 1.54) is 16.9 Å². The molecule has 0 spiro atoms. The van der Waals surface area contributed by atoms with Crippen molar-refractivity contribution in [3.05, 3.63) is 51.3 Å². The van der Waals surface area contributed by atoms with Crippen LogP contribution in [-0.4, -0.2) is 34.5 Å². The number of aromatic nitrogens is 6. The first-order valence-corrected chi connectivity index (χ1v) is 7.12. The second-order valence-electron chi connectivity index (χ2n) is 4.37. The minimum atomic E-state index is -0.551. The van der Waals surface area contributed by atoms with E-state index in [0.717, 1.165) is 5.56 Å². The summed E-state index contributed by atoms with van der Waals surface area (Å²) in [6.07, 6.45) is 1.49. The van der Waals surface area contributed by atoms with Gasteiger partial charge < -0.3 is 10.1 Å². The highest BCUT2D eigenvalue weighted by Gasteiger charge is 2.15. The molecule has 0 aliphatic heterocycles. The van der Waals surface area contributed by atoms with Gasteiger partial charge in [-0.05, 0) is 28.5 Å². The van der Waals surface area contributed by atoms with Crippen LogP contribution in [0.1, 0.15) is 0 Å². The molecule has 0 amide bonds. The van der Waals surface area contributed by atoms with Crippen LogP contribution in [0, 0.1) is 10.1 Å². The number of hydrogen-bond acceptors (Lipinski definition) is 7. The maximum Gasteiger partial charge on any atom is 0.390 e. The predicted molar refractivity (Wildman–Crippen MR) is 77.9 cm³/mol. The van der Waals surface area contributed by atoms with E-state index >= 15 is 0 Å². The normalized spacial score (nSPS) is 11.1. The van der Waals surface area contributed by atoms with Crippen molar-refractivity contribution in [2.45, 2.75) is 0 Å². The standard InChI is InChI=1S/C12H7N7O2S/c20-19(21)11-3-5-17(15-11)10-2-1-9-13-14-12(18(9)16-10)8-4-6-22-7-8/h1-7H. The monoisotopic (exact) mass is 313 g/mol. The van der Waals surface area contributed by atoms with Gasteiger partial charge in [0.2, 0.25) is 0 Å². The van der Waals surface area contributed by atoms with E-state index in [0.29, 0.717) is 17.3 Å². The number of rotatable bonds is 3. The van der Waals surface area contributed by atoms with Crippen LogP contribution >= 0.6 is 11.3 Å². The molecule has 22 heavy (non-hydrogen) atoms. The quantitative estimate of drug-likeness (QED) is 0.423. The number of fused-ring (bicyclic) bond motifs is 1. The lowest BCUT2D eigenvalue weighted by Gasteiger charge is -1.99. The van der Waals surface area contributed by atoms with Crippen molar-refractivity contribution in [2.75, 3.05) is 0 Å². The number of nitrogens with zero attached hydrogens (tertiary/aromatic N) is 7. The molecule has 0 aliphatic rings. The third-order valence-electron chi connectivity index (χ3n) is 3.02. The molecule has 0 N–H and O–H groups in total. The Bertz CT molecular complexity index is 973. The number of hydrogen-bond donors (Lipinski definition) is 0. The van der Waals surface area contributed by atoms with E-state index in [2.05, 4.69) is 20.4 Å². The molecule has 0 saturated heterocycles. The Hall–Kier alpha value is -3.14. The summed E-state index contributed by atoms with van der Waals surface area (Å²) in [5, 5.41) is 31.1. The fraction of sp³-hybridized carbons (Fsp3) is 0. The summed E-state index contributed by atoms with van der Waals surface area (Å²) in [6.45, 7) is 0. The molecule has 0 unspecified atom stereocenters. The largest absolute Gasteiger partial charge is 0.390 e. The zero-order valence-corrected chi connectivity index (χ0v) is 11.7. The molecule has 0 atom stereocenters. The van der Waals surface area contributed by atoms with Crippen molar-refractivity contribution in [1.29, 1.82) is 0 Å². The number of thiophene rings is 1. The first-order valence-electron chi connectivity index (χ1n) is 6.18. The van der Waals surface area contributed by atoms with Crippen LogP contribution in [-0.2, 0) is 0 Å². The molecule has 4 rings (SSSR count). The molecule has 4 aromatic heterocycles. The van der Waals surface area contributed by atoms with Gasteiger partial charge in [-0.3, -0.25) is 0 Å². The number of nitro groups is 1. The Morgan fingerprint density at radius 1 is 1.14 bits per heavy atom. The van der Waals surface area contributed by atoms with Gasteiger partial charge in [0, 0.05) is 10.9 Å². The average Bonchev–Trinajstić information content (AvgIpc) is 3.25. The van der Waals surface area contributed by atoms with E-state index in [4.69, 9.17) is 0 Å². The molecule has 0 bridgehead atoms. The van der Waals surface area contributed by atoms with Gasteiger partial charge in [-0.25, -0.2) is 0 Å². The van der Waals surface area contributed by atoms with Crippen molar-refractivity contribution in [3.8, 4) is 17.2 Å². The molecule has 0 radical (unpaired) electrons. The van der Waals surface area contributed by atoms with Gasteiger partial charge in [0.1, 0.15) is 0 Å². The van der Waals surface area contributed by atoms with Crippen LogP contribution in [0.5, 0.6) is 0 Å². The van der Waals surface area contributed by atoms with Gasteiger partial charge in [0.05, 0.1) is 17.4 Å². The summed E-state index contributed by atoms with van der Waals surface area (Å²) in [7, 11) is 0. The molecule has 108 valence electrons. The van der Waals surface area contributed by atoms with E-state index in [1.54, 1.807) is 28.0 Å². The second-order valence-corrected chi connectivity index (χ2v) is 5.15. The molecule has 9 nitrogen and oxygen atoms in total. The maximum absolute atomic E-state index is 10.7. The van der Waals surface area contributed by atoms with Gasteiger partial charge in [-0.2, -0.15) is 15.9 Å². The molecule has 0 saturated carbocycles. The van der Waals surface area contributed by atoms with Crippen molar-refractivity contribution < 1.29 is 4.92 Å². The Balaban J connectivity index is 1.85. The Morgan fingerprint density at radius 2 is 2.05 bits per heavy atom. The maximum atomic E-state index is 10.7. The molecule has 0 aliphatic carbocycles. The van der Waals surface area contributed by atoms with Crippen LogP contribution in [0.2, 0.25) is 0 Å². The third kappa shape index (κ3) is 1.93. The summed E-state index contributed by atoms with van der Waals surface area (Å²) in [5.41, 5.74) is 1.50. The highest BCUT2D eigenvalue weighted by atomic mass is 32.1. The lowest BCUT2D eigenvalue weighted by Crippen LogP contribution is -2.04. The van der Waals surface area contributed by atoms with Crippen molar-refractivity contribution in [2.24, 2.45) is 0 Å². The Morgan fingerprint density at radius 3 is 2.77 bits per heavy atom. The van der Waals surface area contributed by atoms with E-state index in [-0.39, 0.29) is 5.82 Å². The van der Waals surface area contributed by atoms with Crippen molar-refractivity contribution in [3.63, 3.8) is 0 Å². The van der Waals surface area contributed by atoms with Crippen LogP contribution in [0.15, 0.2) is 41.2 Å². The van der Waals surface area contributed by atoms with Crippen LogP contribution < -0.4 is 0 Å². The van der Waals surface area contributed by atoms with Crippen LogP contribution in [0.4, 0.5) is 5.82 Å². The topological polar surface area (TPSA) is 104 Å². The molecular weight excluding hydrogens is 306 g/mol. The summed E-state index contributed by atoms with van der Waals surface area (Å²) in [6, 6.07) is 6.66. The Labute approximate surface area is 126 Å². The average molecular weight is 313 g/mol. The van der Waals surface area contributed by atoms with E-state index < -0.39 is 4.92 Å². The van der Waals surface area contributed by atoms with Crippen molar-refractivity contribution in [1.82, 2.24) is 29.6 Å². The van der Waals surface area contributed by atoms with Crippen molar-refractivity contribution >= 4 is 22.8 Å². The smallest absolute Gasteiger partial charge is 0.358 e. The third-order valence-corrected chi connectivity index (χ3v) is 3.71. The van der Waals surface area contributed by atoms with Gasteiger partial charge in [0.25, 0.3) is 0 Å². The minimum absolute atomic E-state index is 0.233. The van der Waals surface area contributed by atoms with E-state index in [1.807, 2.05) is 16.8 Å². The SMILES string of the molecule is O=[N+]([O-])c1ccn(-c2ccc3nnc(-c4ccsc4)n3n2)n1. The van der Waals surface area contributed by atoms with Gasteiger partial charge >= 0.3 is 5.82 Å². The molecule has 0 aromatic carbocycles. The zero-order valence-electron chi connectivity index (χ0n) is 10.9. The first-order chi connectivity index (χ1) is 10.7. The second kappa shape index (κ2) is 4.70. The molecule has 10 heteroatoms. The summed E-state index contributed by atoms with van der Waals surface area (Å²) >= 11 is 1.55. The summed E-state index contributed by atoms with van der Waals surface area (Å²) < 4.78 is 2.93. The predicted octanol–water partition coefficient (Wildman–Crippen LogP) is 1.95. The minimum Gasteiger partial charge on any atom is -0.358 e. The fourth-order valence-electron chi connectivity index (χ4n) is 2.01. The lowest BCUT2D eigenvalue weighted by molar-refractivity contribution is -0.389. The fourth-order valence-corrected chi connectivity index (χ4v) is 2.65. The van der Waals surface area contributed by atoms with E-state index in [9.17, 15) is 10.1 Å². The summed E-state index contributed by atoms with van der Waals surface area (Å²) in [4.78, 5) is 10.2. The molecule has 4 heterocycles. The summed E-state index contributed by atoms with van der Waals surface area (Å²) in [5.74, 6) is 0.820. The zero-order chi connectivity index (χ0) is 15.1. The highest BCUT2D eigenvalue weighted by Crippen LogP contribution is 2.20.